The van der Waals surface area contributed by atoms with Crippen LogP contribution in [0.1, 0.15) is 18.2 Å². The van der Waals surface area contributed by atoms with Gasteiger partial charge in [0.1, 0.15) is 13.2 Å². The molecule has 0 aliphatic carbocycles. The Bertz CT molecular complexity index is 1030. The van der Waals surface area contributed by atoms with Crippen molar-refractivity contribution in [3.63, 3.8) is 0 Å². The summed E-state index contributed by atoms with van der Waals surface area (Å²) in [5, 5.41) is -0.523. The minimum absolute atomic E-state index is 0.174. The summed E-state index contributed by atoms with van der Waals surface area (Å²) in [5.74, 6) is -0.249. The van der Waals surface area contributed by atoms with Crippen molar-refractivity contribution in [1.29, 1.82) is 0 Å². The molecule has 1 aliphatic rings. The summed E-state index contributed by atoms with van der Waals surface area (Å²) in [6.45, 7) is 1.67. The number of imide groups is 1. The number of hydrogen-bond acceptors (Lipinski definition) is 8. The first-order chi connectivity index (χ1) is 14.9. The number of pyridine rings is 1. The summed E-state index contributed by atoms with van der Waals surface area (Å²) in [6, 6.07) is 8.98. The lowest BCUT2D eigenvalue weighted by Gasteiger charge is -2.13. The summed E-state index contributed by atoms with van der Waals surface area (Å²) in [4.78, 5) is 41.6. The number of ether oxygens (including phenoxy) is 3. The third-order valence-corrected chi connectivity index (χ3v) is 5.60. The van der Waals surface area contributed by atoms with E-state index in [0.29, 0.717) is 21.5 Å². The van der Waals surface area contributed by atoms with E-state index in [1.165, 1.54) is 7.11 Å². The van der Waals surface area contributed by atoms with Gasteiger partial charge in [0.15, 0.2) is 11.5 Å². The fourth-order valence-corrected chi connectivity index (χ4v) is 4.13. The van der Waals surface area contributed by atoms with Gasteiger partial charge in [-0.3, -0.25) is 24.3 Å². The van der Waals surface area contributed by atoms with Crippen molar-refractivity contribution in [1.82, 2.24) is 9.88 Å². The van der Waals surface area contributed by atoms with Gasteiger partial charge in [-0.2, -0.15) is 0 Å². The molecule has 0 bridgehead atoms. The largest absolute Gasteiger partial charge is 0.493 e. The van der Waals surface area contributed by atoms with Gasteiger partial charge < -0.3 is 14.2 Å². The zero-order chi connectivity index (χ0) is 22.4. The Labute approximate surface area is 191 Å². The molecule has 0 N–H and O–H groups in total. The molecule has 2 amide bonds. The zero-order valence-corrected chi connectivity index (χ0v) is 19.2. The second-order valence-electron chi connectivity index (χ2n) is 6.22. The molecular weight excluding hydrogens is 488 g/mol. The molecule has 0 radical (unpaired) electrons. The molecule has 8 nitrogen and oxygen atoms in total. The average molecular weight is 507 g/mol. The molecule has 0 atom stereocenters. The summed E-state index contributed by atoms with van der Waals surface area (Å²) in [7, 11) is 1.51. The van der Waals surface area contributed by atoms with Crippen LogP contribution < -0.4 is 9.47 Å². The summed E-state index contributed by atoms with van der Waals surface area (Å²) >= 11 is 4.23. The highest BCUT2D eigenvalue weighted by molar-refractivity contribution is 9.10. The Balaban J connectivity index is 1.79. The predicted octanol–water partition coefficient (Wildman–Crippen LogP) is 4.03. The third-order valence-electron chi connectivity index (χ3n) is 4.11. The topological polar surface area (TPSA) is 95.0 Å². The number of amides is 2. The van der Waals surface area contributed by atoms with Gasteiger partial charge in [-0.25, -0.2) is 0 Å². The van der Waals surface area contributed by atoms with E-state index in [1.54, 1.807) is 31.3 Å². The van der Waals surface area contributed by atoms with Crippen molar-refractivity contribution in [3.8, 4) is 11.5 Å². The number of nitrogens with zero attached hydrogens (tertiary/aromatic N) is 2. The SMILES string of the molecule is CCOC(=O)CN1C(=O)S/C(=C\c2cc(Br)c(OCc3ccccn3)c(OC)c2)C1=O. The lowest BCUT2D eigenvalue weighted by molar-refractivity contribution is -0.145. The van der Waals surface area contributed by atoms with Crippen LogP contribution in [0.5, 0.6) is 11.5 Å². The van der Waals surface area contributed by atoms with Crippen molar-refractivity contribution in [2.24, 2.45) is 0 Å². The number of aromatic nitrogens is 1. The van der Waals surface area contributed by atoms with Gasteiger partial charge >= 0.3 is 5.97 Å². The van der Waals surface area contributed by atoms with Gasteiger partial charge in [-0.05, 0) is 70.5 Å². The standard InChI is InChI=1S/C21H19BrN2O6S/c1-3-29-18(25)11-24-20(26)17(31-21(24)27)10-13-8-15(22)19(16(9-13)28-2)30-12-14-6-4-5-7-23-14/h4-10H,3,11-12H2,1-2H3/b17-10-. The fraction of sp³-hybridized carbons (Fsp3) is 0.238. The maximum absolute atomic E-state index is 12.6. The van der Waals surface area contributed by atoms with Crippen LogP contribution in [0.15, 0.2) is 45.9 Å². The first-order valence-corrected chi connectivity index (χ1v) is 10.8. The quantitative estimate of drug-likeness (QED) is 0.391. The molecule has 0 saturated carbocycles. The molecule has 31 heavy (non-hydrogen) atoms. The summed E-state index contributed by atoms with van der Waals surface area (Å²) in [5.41, 5.74) is 1.38. The Morgan fingerprint density at radius 3 is 2.77 bits per heavy atom. The first-order valence-electron chi connectivity index (χ1n) is 9.24. The fourth-order valence-electron chi connectivity index (χ4n) is 2.72. The van der Waals surface area contributed by atoms with E-state index in [9.17, 15) is 14.4 Å². The second kappa shape index (κ2) is 10.5. The van der Waals surface area contributed by atoms with Crippen LogP contribution in [0.4, 0.5) is 4.79 Å². The van der Waals surface area contributed by atoms with Gasteiger partial charge in [0.05, 0.1) is 28.8 Å². The predicted molar refractivity (Wildman–Crippen MR) is 119 cm³/mol. The maximum atomic E-state index is 12.6. The molecule has 2 heterocycles. The molecule has 3 rings (SSSR count). The highest BCUT2D eigenvalue weighted by atomic mass is 79.9. The maximum Gasteiger partial charge on any atom is 0.326 e. The molecule has 1 aromatic carbocycles. The van der Waals surface area contributed by atoms with Crippen molar-refractivity contribution in [2.75, 3.05) is 20.3 Å². The normalized spacial score (nSPS) is 14.8. The van der Waals surface area contributed by atoms with Crippen LogP contribution in [-0.2, 0) is 20.9 Å². The smallest absolute Gasteiger partial charge is 0.326 e. The minimum Gasteiger partial charge on any atom is -0.493 e. The van der Waals surface area contributed by atoms with E-state index in [4.69, 9.17) is 14.2 Å². The molecule has 10 heteroatoms. The molecule has 162 valence electrons. The lowest BCUT2D eigenvalue weighted by atomic mass is 10.2. The van der Waals surface area contributed by atoms with E-state index in [0.717, 1.165) is 22.4 Å². The van der Waals surface area contributed by atoms with Crippen molar-refractivity contribution in [3.05, 3.63) is 57.2 Å². The molecule has 1 fully saturated rings. The van der Waals surface area contributed by atoms with Crippen LogP contribution in [0.3, 0.4) is 0 Å². The monoisotopic (exact) mass is 506 g/mol. The Morgan fingerprint density at radius 2 is 2.10 bits per heavy atom. The highest BCUT2D eigenvalue weighted by Crippen LogP contribution is 2.39. The Hall–Kier alpha value is -2.85. The average Bonchev–Trinajstić information content (AvgIpc) is 3.00. The Morgan fingerprint density at radius 1 is 1.29 bits per heavy atom. The van der Waals surface area contributed by atoms with Crippen LogP contribution in [0.2, 0.25) is 0 Å². The van der Waals surface area contributed by atoms with Crippen LogP contribution in [0.25, 0.3) is 6.08 Å². The zero-order valence-electron chi connectivity index (χ0n) is 16.8. The van der Waals surface area contributed by atoms with E-state index < -0.39 is 23.7 Å². The summed E-state index contributed by atoms with van der Waals surface area (Å²) in [6.07, 6.45) is 3.24. The minimum atomic E-state index is -0.634. The molecule has 0 spiro atoms. The molecule has 1 saturated heterocycles. The van der Waals surface area contributed by atoms with Gasteiger partial charge in [0, 0.05) is 6.20 Å². The van der Waals surface area contributed by atoms with Crippen molar-refractivity contribution < 1.29 is 28.6 Å². The third kappa shape index (κ3) is 5.65. The first kappa shape index (κ1) is 22.8. The molecular formula is C21H19BrN2O6S. The molecule has 1 aromatic heterocycles. The molecule has 2 aromatic rings. The van der Waals surface area contributed by atoms with Crippen molar-refractivity contribution >= 4 is 50.9 Å². The van der Waals surface area contributed by atoms with Crippen molar-refractivity contribution in [2.45, 2.75) is 13.5 Å². The number of thioether (sulfide) groups is 1. The van der Waals surface area contributed by atoms with Gasteiger partial charge in [-0.1, -0.05) is 6.07 Å². The highest BCUT2D eigenvalue weighted by Gasteiger charge is 2.36. The van der Waals surface area contributed by atoms with E-state index >= 15 is 0 Å². The van der Waals surface area contributed by atoms with Gasteiger partial charge in [-0.15, -0.1) is 0 Å². The number of carbonyl (C=O) groups is 3. The number of benzene rings is 1. The Kier molecular flexibility index (Phi) is 7.69. The number of hydrogen-bond donors (Lipinski definition) is 0. The molecule has 1 aliphatic heterocycles. The second-order valence-corrected chi connectivity index (χ2v) is 8.06. The van der Waals surface area contributed by atoms with Crippen LogP contribution >= 0.6 is 27.7 Å². The van der Waals surface area contributed by atoms with E-state index in [1.807, 2.05) is 18.2 Å². The van der Waals surface area contributed by atoms with E-state index in [2.05, 4.69) is 20.9 Å². The number of carbonyl (C=O) groups excluding carboxylic acids is 3. The number of esters is 1. The van der Waals surface area contributed by atoms with Gasteiger partial charge in [0.2, 0.25) is 0 Å². The van der Waals surface area contributed by atoms with Crippen LogP contribution in [0, 0.1) is 0 Å². The van der Waals surface area contributed by atoms with Gasteiger partial charge in [0.25, 0.3) is 11.1 Å². The summed E-state index contributed by atoms with van der Waals surface area (Å²) < 4.78 is 16.7. The number of halogens is 1. The number of methoxy groups -OCH3 is 1. The van der Waals surface area contributed by atoms with Crippen LogP contribution in [-0.4, -0.2) is 47.3 Å². The van der Waals surface area contributed by atoms with E-state index in [-0.39, 0.29) is 18.1 Å². The molecule has 0 unspecified atom stereocenters. The number of rotatable bonds is 8. The lowest BCUT2D eigenvalue weighted by Crippen LogP contribution is -2.34.